The molecule has 2 rings (SSSR count). The molecule has 6 nitrogen and oxygen atoms in total. The summed E-state index contributed by atoms with van der Waals surface area (Å²) in [5.74, 6) is 1.89. The van der Waals surface area contributed by atoms with E-state index in [1.807, 2.05) is 25.1 Å². The number of carbonyl (C=O) groups is 2. The van der Waals surface area contributed by atoms with Gasteiger partial charge in [-0.25, -0.2) is 0 Å². The zero-order valence-corrected chi connectivity index (χ0v) is 16.4. The average molecular weight is 385 g/mol. The van der Waals surface area contributed by atoms with Gasteiger partial charge in [0.05, 0.1) is 20.3 Å². The lowest BCUT2D eigenvalue weighted by Gasteiger charge is -2.09. The fourth-order valence-corrected chi connectivity index (χ4v) is 2.47. The number of hydrogen-bond donors (Lipinski definition) is 1. The molecule has 0 heterocycles. The van der Waals surface area contributed by atoms with Crippen molar-refractivity contribution in [1.29, 1.82) is 0 Å². The first-order valence-electron chi connectivity index (χ1n) is 9.42. The van der Waals surface area contributed by atoms with Crippen molar-refractivity contribution in [2.24, 2.45) is 0 Å². The molecule has 0 aromatic heterocycles. The van der Waals surface area contributed by atoms with E-state index in [-0.39, 0.29) is 24.5 Å². The first kappa shape index (κ1) is 21.3. The summed E-state index contributed by atoms with van der Waals surface area (Å²) in [6.07, 6.45) is 1.24. The summed E-state index contributed by atoms with van der Waals surface area (Å²) in [7, 11) is 1.59. The minimum absolute atomic E-state index is 0.0650. The minimum Gasteiger partial charge on any atom is -0.497 e. The van der Waals surface area contributed by atoms with Gasteiger partial charge in [-0.05, 0) is 42.8 Å². The molecule has 0 saturated carbocycles. The average Bonchev–Trinajstić information content (AvgIpc) is 2.74. The van der Waals surface area contributed by atoms with E-state index in [1.165, 1.54) is 0 Å². The number of hydrogen-bond acceptors (Lipinski definition) is 5. The maximum Gasteiger partial charge on any atom is 0.220 e. The van der Waals surface area contributed by atoms with E-state index in [0.717, 1.165) is 12.2 Å². The summed E-state index contributed by atoms with van der Waals surface area (Å²) in [5, 5.41) is 2.75. The Morgan fingerprint density at radius 2 is 1.61 bits per heavy atom. The van der Waals surface area contributed by atoms with E-state index >= 15 is 0 Å². The lowest BCUT2D eigenvalue weighted by atomic mass is 10.1. The Kier molecular flexibility index (Phi) is 8.85. The summed E-state index contributed by atoms with van der Waals surface area (Å²) in [6.45, 7) is 3.39. The maximum absolute atomic E-state index is 12.2. The SMILES string of the molecule is CCCOc1ccc(C(=O)CCC(=O)NCCOc2cccc(OC)c2)cc1. The molecule has 0 saturated heterocycles. The van der Waals surface area contributed by atoms with Crippen LogP contribution in [0.25, 0.3) is 0 Å². The number of rotatable bonds is 12. The molecule has 150 valence electrons. The van der Waals surface area contributed by atoms with Crippen LogP contribution in [0, 0.1) is 0 Å². The van der Waals surface area contributed by atoms with Crippen LogP contribution in [0.2, 0.25) is 0 Å². The number of nitrogens with one attached hydrogen (secondary N) is 1. The van der Waals surface area contributed by atoms with Gasteiger partial charge >= 0.3 is 0 Å². The van der Waals surface area contributed by atoms with Crippen molar-refractivity contribution in [1.82, 2.24) is 5.32 Å². The van der Waals surface area contributed by atoms with Crippen molar-refractivity contribution in [2.45, 2.75) is 26.2 Å². The van der Waals surface area contributed by atoms with Gasteiger partial charge in [0, 0.05) is 24.5 Å². The van der Waals surface area contributed by atoms with Gasteiger partial charge in [-0.3, -0.25) is 9.59 Å². The fraction of sp³-hybridized carbons (Fsp3) is 0.364. The molecular weight excluding hydrogens is 358 g/mol. The second kappa shape index (κ2) is 11.6. The van der Waals surface area contributed by atoms with Gasteiger partial charge in [-0.15, -0.1) is 0 Å². The van der Waals surface area contributed by atoms with Crippen LogP contribution in [0.5, 0.6) is 17.2 Å². The van der Waals surface area contributed by atoms with E-state index in [2.05, 4.69) is 5.32 Å². The Labute approximate surface area is 165 Å². The molecule has 6 heteroatoms. The van der Waals surface area contributed by atoms with Crippen molar-refractivity contribution >= 4 is 11.7 Å². The molecule has 0 unspecified atom stereocenters. The van der Waals surface area contributed by atoms with Crippen molar-refractivity contribution in [3.05, 3.63) is 54.1 Å². The van der Waals surface area contributed by atoms with Crippen LogP contribution in [0.4, 0.5) is 0 Å². The predicted molar refractivity (Wildman–Crippen MR) is 107 cm³/mol. The van der Waals surface area contributed by atoms with Crippen LogP contribution < -0.4 is 19.5 Å². The molecule has 0 atom stereocenters. The van der Waals surface area contributed by atoms with Gasteiger partial charge in [0.2, 0.25) is 5.91 Å². The maximum atomic E-state index is 12.2. The molecule has 0 aliphatic carbocycles. The largest absolute Gasteiger partial charge is 0.497 e. The Hall–Kier alpha value is -3.02. The molecule has 1 amide bonds. The third-order valence-corrected chi connectivity index (χ3v) is 3.96. The Bertz CT molecular complexity index is 758. The molecule has 28 heavy (non-hydrogen) atoms. The van der Waals surface area contributed by atoms with Crippen LogP contribution >= 0.6 is 0 Å². The second-order valence-corrected chi connectivity index (χ2v) is 6.17. The van der Waals surface area contributed by atoms with E-state index in [9.17, 15) is 9.59 Å². The van der Waals surface area contributed by atoms with Gasteiger partial charge < -0.3 is 19.5 Å². The van der Waals surface area contributed by atoms with Gasteiger partial charge in [-0.1, -0.05) is 13.0 Å². The number of carbonyl (C=O) groups excluding carboxylic acids is 2. The Morgan fingerprint density at radius 3 is 2.32 bits per heavy atom. The van der Waals surface area contributed by atoms with Crippen LogP contribution in [0.1, 0.15) is 36.5 Å². The number of Topliss-reactive ketones (excluding diaryl/α,β-unsaturated/α-hetero) is 1. The van der Waals surface area contributed by atoms with Crippen LogP contribution in [0.3, 0.4) is 0 Å². The first-order chi connectivity index (χ1) is 13.6. The molecule has 1 N–H and O–H groups in total. The Morgan fingerprint density at radius 1 is 0.893 bits per heavy atom. The zero-order valence-electron chi connectivity index (χ0n) is 16.4. The molecular formula is C22H27NO5. The van der Waals surface area contributed by atoms with E-state index in [4.69, 9.17) is 14.2 Å². The molecule has 2 aromatic carbocycles. The third kappa shape index (κ3) is 7.31. The van der Waals surface area contributed by atoms with Crippen molar-refractivity contribution in [3.8, 4) is 17.2 Å². The Balaban J connectivity index is 1.65. The fourth-order valence-electron chi connectivity index (χ4n) is 2.47. The third-order valence-electron chi connectivity index (χ3n) is 3.96. The number of benzene rings is 2. The van der Waals surface area contributed by atoms with Crippen LogP contribution in [0.15, 0.2) is 48.5 Å². The van der Waals surface area contributed by atoms with E-state index in [0.29, 0.717) is 36.8 Å². The summed E-state index contributed by atoms with van der Waals surface area (Å²) in [4.78, 5) is 24.1. The van der Waals surface area contributed by atoms with Gasteiger partial charge in [0.25, 0.3) is 0 Å². The highest BCUT2D eigenvalue weighted by Gasteiger charge is 2.09. The number of methoxy groups -OCH3 is 1. The smallest absolute Gasteiger partial charge is 0.220 e. The molecule has 0 radical (unpaired) electrons. The molecule has 0 bridgehead atoms. The number of amides is 1. The normalized spacial score (nSPS) is 10.2. The molecule has 0 aliphatic heterocycles. The lowest BCUT2D eigenvalue weighted by Crippen LogP contribution is -2.28. The van der Waals surface area contributed by atoms with Gasteiger partial charge in [0.15, 0.2) is 5.78 Å². The topological polar surface area (TPSA) is 73.9 Å². The standard InChI is InChI=1S/C22H27NO5/c1-3-14-27-18-9-7-17(8-10-18)21(24)11-12-22(25)23-13-15-28-20-6-4-5-19(16-20)26-2/h4-10,16H,3,11-15H2,1-2H3,(H,23,25). The molecule has 0 fully saturated rings. The van der Waals surface area contributed by atoms with Crippen LogP contribution in [-0.2, 0) is 4.79 Å². The first-order valence-corrected chi connectivity index (χ1v) is 9.42. The summed E-state index contributed by atoms with van der Waals surface area (Å²) in [6, 6.07) is 14.3. The predicted octanol–water partition coefficient (Wildman–Crippen LogP) is 3.64. The summed E-state index contributed by atoms with van der Waals surface area (Å²) < 4.78 is 16.2. The number of ketones is 1. The highest BCUT2D eigenvalue weighted by atomic mass is 16.5. The van der Waals surface area contributed by atoms with Crippen LogP contribution in [-0.4, -0.2) is 38.6 Å². The van der Waals surface area contributed by atoms with Gasteiger partial charge in [-0.2, -0.15) is 0 Å². The minimum atomic E-state index is -0.175. The van der Waals surface area contributed by atoms with Crippen molar-refractivity contribution in [2.75, 3.05) is 26.9 Å². The monoisotopic (exact) mass is 385 g/mol. The quantitative estimate of drug-likeness (QED) is 0.446. The van der Waals surface area contributed by atoms with Gasteiger partial charge in [0.1, 0.15) is 23.9 Å². The summed E-state index contributed by atoms with van der Waals surface area (Å²) >= 11 is 0. The lowest BCUT2D eigenvalue weighted by molar-refractivity contribution is -0.121. The van der Waals surface area contributed by atoms with E-state index < -0.39 is 0 Å². The van der Waals surface area contributed by atoms with E-state index in [1.54, 1.807) is 37.4 Å². The summed E-state index contributed by atoms with van der Waals surface area (Å²) in [5.41, 5.74) is 0.581. The second-order valence-electron chi connectivity index (χ2n) is 6.17. The molecule has 2 aromatic rings. The number of ether oxygens (including phenoxy) is 3. The van der Waals surface area contributed by atoms with Crippen molar-refractivity contribution in [3.63, 3.8) is 0 Å². The molecule has 0 aliphatic rings. The highest BCUT2D eigenvalue weighted by molar-refractivity contribution is 5.98. The molecule has 0 spiro atoms. The van der Waals surface area contributed by atoms with Crippen molar-refractivity contribution < 1.29 is 23.8 Å². The highest BCUT2D eigenvalue weighted by Crippen LogP contribution is 2.18. The zero-order chi connectivity index (χ0) is 20.2.